The standard InChI is InChI=1S/C14H14N4OS/c15-13(20)12-2-1-7-18(12)14(19)9-3-4-10-11(8-9)17-6-5-16-10/h3-6,8,12H,1-2,7H2,(H2,15,20). The van der Waals surface area contributed by atoms with Crippen LogP contribution in [0.2, 0.25) is 0 Å². The van der Waals surface area contributed by atoms with Crippen molar-refractivity contribution in [2.75, 3.05) is 6.54 Å². The molecule has 1 fully saturated rings. The molecule has 102 valence electrons. The molecular weight excluding hydrogens is 272 g/mol. The number of nitrogens with two attached hydrogens (primary N) is 1. The maximum Gasteiger partial charge on any atom is 0.254 e. The van der Waals surface area contributed by atoms with E-state index in [-0.39, 0.29) is 11.9 Å². The Bertz CT molecular complexity index is 688. The van der Waals surface area contributed by atoms with Crippen molar-refractivity contribution in [2.45, 2.75) is 18.9 Å². The van der Waals surface area contributed by atoms with Gasteiger partial charge in [0.05, 0.1) is 22.1 Å². The van der Waals surface area contributed by atoms with E-state index in [1.807, 2.05) is 0 Å². The minimum absolute atomic E-state index is 0.0483. The van der Waals surface area contributed by atoms with Gasteiger partial charge in [0.25, 0.3) is 5.91 Å². The van der Waals surface area contributed by atoms with E-state index < -0.39 is 0 Å². The summed E-state index contributed by atoms with van der Waals surface area (Å²) in [6.07, 6.45) is 5.02. The number of hydrogen-bond donors (Lipinski definition) is 1. The summed E-state index contributed by atoms with van der Waals surface area (Å²) in [6, 6.07) is 5.21. The Morgan fingerprint density at radius 1 is 1.30 bits per heavy atom. The molecule has 0 aliphatic carbocycles. The van der Waals surface area contributed by atoms with E-state index in [2.05, 4.69) is 9.97 Å². The van der Waals surface area contributed by atoms with Gasteiger partial charge in [-0.1, -0.05) is 12.2 Å². The molecule has 2 N–H and O–H groups in total. The fourth-order valence-electron chi connectivity index (χ4n) is 2.57. The Morgan fingerprint density at radius 2 is 2.05 bits per heavy atom. The Kier molecular flexibility index (Phi) is 3.31. The number of amides is 1. The molecule has 2 heterocycles. The van der Waals surface area contributed by atoms with Crippen LogP contribution in [0.5, 0.6) is 0 Å². The maximum absolute atomic E-state index is 12.6. The Balaban J connectivity index is 1.94. The second kappa shape index (κ2) is 5.13. The molecule has 0 saturated carbocycles. The molecule has 1 unspecified atom stereocenters. The van der Waals surface area contributed by atoms with Gasteiger partial charge in [0, 0.05) is 24.5 Å². The molecule has 6 heteroatoms. The molecule has 5 nitrogen and oxygen atoms in total. The van der Waals surface area contributed by atoms with Gasteiger partial charge in [-0.05, 0) is 31.0 Å². The number of aromatic nitrogens is 2. The normalized spacial score (nSPS) is 18.4. The minimum atomic E-state index is -0.130. The zero-order valence-electron chi connectivity index (χ0n) is 10.8. The van der Waals surface area contributed by atoms with Gasteiger partial charge in [-0.3, -0.25) is 14.8 Å². The van der Waals surface area contributed by atoms with Crippen molar-refractivity contribution in [2.24, 2.45) is 5.73 Å². The first-order valence-electron chi connectivity index (χ1n) is 6.48. The molecule has 0 spiro atoms. The first kappa shape index (κ1) is 12.9. The third-order valence-electron chi connectivity index (χ3n) is 3.56. The largest absolute Gasteiger partial charge is 0.392 e. The molecule has 2 aromatic rings. The lowest BCUT2D eigenvalue weighted by Crippen LogP contribution is -2.42. The SMILES string of the molecule is NC(=S)C1CCCN1C(=O)c1ccc2nccnc2c1. The molecular formula is C14H14N4OS. The van der Waals surface area contributed by atoms with Crippen molar-refractivity contribution in [3.8, 4) is 0 Å². The first-order chi connectivity index (χ1) is 9.66. The smallest absolute Gasteiger partial charge is 0.254 e. The summed E-state index contributed by atoms with van der Waals surface area (Å²) in [6.45, 7) is 0.694. The van der Waals surface area contributed by atoms with Gasteiger partial charge < -0.3 is 10.6 Å². The second-order valence-corrected chi connectivity index (χ2v) is 5.29. The molecule has 3 rings (SSSR count). The molecule has 0 radical (unpaired) electrons. The van der Waals surface area contributed by atoms with E-state index in [1.54, 1.807) is 35.5 Å². The lowest BCUT2D eigenvalue weighted by atomic mass is 10.1. The summed E-state index contributed by atoms with van der Waals surface area (Å²) in [4.78, 5) is 23.1. The quantitative estimate of drug-likeness (QED) is 0.847. The summed E-state index contributed by atoms with van der Waals surface area (Å²) in [7, 11) is 0. The number of carbonyl (C=O) groups is 1. The van der Waals surface area contributed by atoms with Gasteiger partial charge in [0.2, 0.25) is 0 Å². The van der Waals surface area contributed by atoms with Crippen molar-refractivity contribution in [3.63, 3.8) is 0 Å². The number of rotatable bonds is 2. The fraction of sp³-hybridized carbons (Fsp3) is 0.286. The Morgan fingerprint density at radius 3 is 2.80 bits per heavy atom. The van der Waals surface area contributed by atoms with Gasteiger partial charge >= 0.3 is 0 Å². The number of fused-ring (bicyclic) bond motifs is 1. The number of benzene rings is 1. The highest BCUT2D eigenvalue weighted by Crippen LogP contribution is 2.21. The van der Waals surface area contributed by atoms with E-state index in [0.717, 1.165) is 18.4 Å². The van der Waals surface area contributed by atoms with Crippen LogP contribution in [0.3, 0.4) is 0 Å². The zero-order chi connectivity index (χ0) is 14.1. The summed E-state index contributed by atoms with van der Waals surface area (Å²) in [5, 5.41) is 0. The molecule has 1 aromatic carbocycles. The molecule has 1 amide bonds. The van der Waals surface area contributed by atoms with Gasteiger partial charge in [-0.15, -0.1) is 0 Å². The third-order valence-corrected chi connectivity index (χ3v) is 3.83. The van der Waals surface area contributed by atoms with Gasteiger partial charge in [-0.2, -0.15) is 0 Å². The fourth-order valence-corrected chi connectivity index (χ4v) is 2.81. The van der Waals surface area contributed by atoms with E-state index in [1.165, 1.54) is 0 Å². The van der Waals surface area contributed by atoms with Crippen molar-refractivity contribution >= 4 is 34.1 Å². The highest BCUT2D eigenvalue weighted by atomic mass is 32.1. The number of thiocarbonyl (C=S) groups is 1. The summed E-state index contributed by atoms with van der Waals surface area (Å²) >= 11 is 5.04. The highest BCUT2D eigenvalue weighted by Gasteiger charge is 2.31. The number of likely N-dealkylation sites (tertiary alicyclic amines) is 1. The lowest BCUT2D eigenvalue weighted by Gasteiger charge is -2.23. The monoisotopic (exact) mass is 286 g/mol. The first-order valence-corrected chi connectivity index (χ1v) is 6.89. The molecule has 1 atom stereocenters. The van der Waals surface area contributed by atoms with Crippen LogP contribution in [-0.4, -0.2) is 38.4 Å². The van der Waals surface area contributed by atoms with E-state index >= 15 is 0 Å². The number of nitrogens with zero attached hydrogens (tertiary/aromatic N) is 3. The van der Waals surface area contributed by atoms with E-state index in [0.29, 0.717) is 22.6 Å². The molecule has 1 aromatic heterocycles. The molecule has 0 bridgehead atoms. The third kappa shape index (κ3) is 2.22. The van der Waals surface area contributed by atoms with Crippen LogP contribution in [0.15, 0.2) is 30.6 Å². The predicted octanol–water partition coefficient (Wildman–Crippen LogP) is 1.52. The summed E-state index contributed by atoms with van der Waals surface area (Å²) < 4.78 is 0. The van der Waals surface area contributed by atoms with E-state index in [4.69, 9.17) is 18.0 Å². The number of hydrogen-bond acceptors (Lipinski definition) is 4. The van der Waals surface area contributed by atoms with Crippen LogP contribution in [0.1, 0.15) is 23.2 Å². The van der Waals surface area contributed by atoms with Crippen LogP contribution in [-0.2, 0) is 0 Å². The van der Waals surface area contributed by atoms with Crippen molar-refractivity contribution < 1.29 is 4.79 Å². The Hall–Kier alpha value is -2.08. The van der Waals surface area contributed by atoms with E-state index in [9.17, 15) is 4.79 Å². The average Bonchev–Trinajstić information content (AvgIpc) is 2.95. The highest BCUT2D eigenvalue weighted by molar-refractivity contribution is 7.80. The van der Waals surface area contributed by atoms with Gasteiger partial charge in [0.15, 0.2) is 0 Å². The topological polar surface area (TPSA) is 72.1 Å². The summed E-state index contributed by atoms with van der Waals surface area (Å²) in [5.74, 6) is -0.0483. The average molecular weight is 286 g/mol. The molecule has 1 saturated heterocycles. The van der Waals surface area contributed by atoms with Crippen LogP contribution in [0.4, 0.5) is 0 Å². The van der Waals surface area contributed by atoms with Crippen LogP contribution in [0, 0.1) is 0 Å². The van der Waals surface area contributed by atoms with Crippen molar-refractivity contribution in [3.05, 3.63) is 36.2 Å². The number of carbonyl (C=O) groups excluding carboxylic acids is 1. The molecule has 20 heavy (non-hydrogen) atoms. The lowest BCUT2D eigenvalue weighted by molar-refractivity contribution is 0.0770. The van der Waals surface area contributed by atoms with Crippen LogP contribution >= 0.6 is 12.2 Å². The summed E-state index contributed by atoms with van der Waals surface area (Å²) in [5.41, 5.74) is 7.79. The van der Waals surface area contributed by atoms with Crippen LogP contribution < -0.4 is 5.73 Å². The minimum Gasteiger partial charge on any atom is -0.392 e. The maximum atomic E-state index is 12.6. The van der Waals surface area contributed by atoms with Gasteiger partial charge in [0.1, 0.15) is 0 Å². The molecule has 1 aliphatic rings. The second-order valence-electron chi connectivity index (χ2n) is 4.82. The Labute approximate surface area is 121 Å². The predicted molar refractivity (Wildman–Crippen MR) is 80.4 cm³/mol. The molecule has 1 aliphatic heterocycles. The van der Waals surface area contributed by atoms with Crippen LogP contribution in [0.25, 0.3) is 11.0 Å². The van der Waals surface area contributed by atoms with Gasteiger partial charge in [-0.25, -0.2) is 0 Å². The zero-order valence-corrected chi connectivity index (χ0v) is 11.6. The van der Waals surface area contributed by atoms with Crippen molar-refractivity contribution in [1.82, 2.24) is 14.9 Å². The van der Waals surface area contributed by atoms with Crippen molar-refractivity contribution in [1.29, 1.82) is 0 Å².